The van der Waals surface area contributed by atoms with Crippen LogP contribution in [0.4, 0.5) is 0 Å². The van der Waals surface area contributed by atoms with Gasteiger partial charge in [0.15, 0.2) is 12.2 Å². The van der Waals surface area contributed by atoms with Crippen molar-refractivity contribution < 1.29 is 80.2 Å². The molecule has 0 aromatic carbocycles. The second kappa shape index (κ2) is 68.8. The second-order valence-electron chi connectivity index (χ2n) is 28.2. The van der Waals surface area contributed by atoms with E-state index in [0.29, 0.717) is 25.7 Å². The van der Waals surface area contributed by atoms with E-state index >= 15 is 0 Å². The van der Waals surface area contributed by atoms with Crippen LogP contribution in [-0.2, 0) is 65.4 Å². The number of carbonyl (C=O) groups is 4. The molecular formula is C77H150O17P2. The summed E-state index contributed by atoms with van der Waals surface area (Å²) in [5.41, 5.74) is 0. The number of hydrogen-bond acceptors (Lipinski definition) is 15. The number of aliphatic hydroxyl groups excluding tert-OH is 1. The molecule has 17 nitrogen and oxygen atoms in total. The van der Waals surface area contributed by atoms with E-state index in [1.165, 1.54) is 218 Å². The molecule has 0 spiro atoms. The summed E-state index contributed by atoms with van der Waals surface area (Å²) in [6.07, 6.45) is 56.8. The number of carbonyl (C=O) groups excluding carboxylic acids is 4. The van der Waals surface area contributed by atoms with E-state index in [-0.39, 0.29) is 25.7 Å². The lowest BCUT2D eigenvalue weighted by atomic mass is 9.99. The maximum absolute atomic E-state index is 13.1. The first-order valence-electron chi connectivity index (χ1n) is 40.1. The third-order valence-electron chi connectivity index (χ3n) is 18.7. The Labute approximate surface area is 588 Å². The van der Waals surface area contributed by atoms with Crippen LogP contribution < -0.4 is 0 Å². The molecule has 0 saturated carbocycles. The van der Waals surface area contributed by atoms with Crippen LogP contribution in [-0.4, -0.2) is 96.7 Å². The highest BCUT2D eigenvalue weighted by molar-refractivity contribution is 7.47. The van der Waals surface area contributed by atoms with Crippen LogP contribution in [0.15, 0.2) is 0 Å². The third-order valence-corrected chi connectivity index (χ3v) is 20.6. The SMILES string of the molecule is CCCCCCCCCCCCC(=O)OC[C@H](COP(=O)(O)OC[C@H](O)COP(=O)(O)OC[C@@H](COC(=O)CCCCCCCCCCCCC(C)CC)OC(=O)CCCCCCCCCCCCCCCCCCCCC(C)CC)OC(=O)CCCCCCCCCCCC. The van der Waals surface area contributed by atoms with Gasteiger partial charge in [0.2, 0.25) is 0 Å². The molecule has 0 bridgehead atoms. The first-order chi connectivity index (χ1) is 46.4. The van der Waals surface area contributed by atoms with Crippen molar-refractivity contribution in [1.29, 1.82) is 0 Å². The molecule has 0 aliphatic rings. The lowest BCUT2D eigenvalue weighted by molar-refractivity contribution is -0.161. The Morgan fingerprint density at radius 3 is 0.740 bits per heavy atom. The molecule has 0 saturated heterocycles. The minimum Gasteiger partial charge on any atom is -0.462 e. The summed E-state index contributed by atoms with van der Waals surface area (Å²) in [6.45, 7) is 9.68. The van der Waals surface area contributed by atoms with E-state index in [1.54, 1.807) is 0 Å². The van der Waals surface area contributed by atoms with Gasteiger partial charge in [0, 0.05) is 25.7 Å². The van der Waals surface area contributed by atoms with E-state index in [4.69, 9.17) is 37.0 Å². The van der Waals surface area contributed by atoms with Crippen molar-refractivity contribution in [3.63, 3.8) is 0 Å². The highest BCUT2D eigenvalue weighted by Gasteiger charge is 2.30. The summed E-state index contributed by atoms with van der Waals surface area (Å²) in [4.78, 5) is 72.7. The van der Waals surface area contributed by atoms with Crippen LogP contribution in [0.3, 0.4) is 0 Å². The molecule has 570 valence electrons. The number of esters is 4. The Morgan fingerprint density at radius 2 is 0.500 bits per heavy atom. The number of aliphatic hydroxyl groups is 1. The van der Waals surface area contributed by atoms with Crippen molar-refractivity contribution >= 4 is 39.5 Å². The van der Waals surface area contributed by atoms with Crippen LogP contribution in [0, 0.1) is 11.8 Å². The number of phosphoric ester groups is 2. The van der Waals surface area contributed by atoms with Gasteiger partial charge in [-0.2, -0.15) is 0 Å². The molecule has 0 aromatic rings. The molecule has 0 aliphatic carbocycles. The maximum atomic E-state index is 13.1. The predicted molar refractivity (Wildman–Crippen MR) is 391 cm³/mol. The van der Waals surface area contributed by atoms with E-state index in [9.17, 15) is 43.2 Å². The Bertz CT molecular complexity index is 1860. The van der Waals surface area contributed by atoms with E-state index in [2.05, 4.69) is 41.5 Å². The van der Waals surface area contributed by atoms with Gasteiger partial charge >= 0.3 is 39.5 Å². The molecule has 0 amide bonds. The van der Waals surface area contributed by atoms with Crippen LogP contribution in [0.2, 0.25) is 0 Å². The average Bonchev–Trinajstić information content (AvgIpc) is 2.14. The zero-order valence-corrected chi connectivity index (χ0v) is 64.5. The van der Waals surface area contributed by atoms with Crippen LogP contribution in [0.25, 0.3) is 0 Å². The second-order valence-corrected chi connectivity index (χ2v) is 31.1. The molecule has 96 heavy (non-hydrogen) atoms. The van der Waals surface area contributed by atoms with Crippen molar-refractivity contribution in [3.05, 3.63) is 0 Å². The van der Waals surface area contributed by atoms with Gasteiger partial charge in [0.1, 0.15) is 19.3 Å². The van der Waals surface area contributed by atoms with E-state index in [0.717, 1.165) is 102 Å². The predicted octanol–water partition coefficient (Wildman–Crippen LogP) is 22.7. The fraction of sp³-hybridized carbons (Fsp3) is 0.948. The summed E-state index contributed by atoms with van der Waals surface area (Å²) in [6, 6.07) is 0. The number of ether oxygens (including phenoxy) is 4. The topological polar surface area (TPSA) is 237 Å². The molecular weight excluding hydrogens is 1260 g/mol. The van der Waals surface area contributed by atoms with Crippen LogP contribution in [0.1, 0.15) is 401 Å². The van der Waals surface area contributed by atoms with Gasteiger partial charge in [-0.25, -0.2) is 9.13 Å². The van der Waals surface area contributed by atoms with Crippen molar-refractivity contribution in [2.24, 2.45) is 11.8 Å². The summed E-state index contributed by atoms with van der Waals surface area (Å²) in [5, 5.41) is 10.6. The van der Waals surface area contributed by atoms with Gasteiger partial charge in [-0.05, 0) is 37.5 Å². The molecule has 0 aliphatic heterocycles. The lowest BCUT2D eigenvalue weighted by Gasteiger charge is -2.21. The summed E-state index contributed by atoms with van der Waals surface area (Å²) in [5.74, 6) is -0.435. The molecule has 3 N–H and O–H groups in total. The Morgan fingerprint density at radius 1 is 0.292 bits per heavy atom. The van der Waals surface area contributed by atoms with Gasteiger partial charge in [-0.15, -0.1) is 0 Å². The normalized spacial score (nSPS) is 14.6. The van der Waals surface area contributed by atoms with Gasteiger partial charge in [0.05, 0.1) is 26.4 Å². The van der Waals surface area contributed by atoms with Gasteiger partial charge < -0.3 is 33.8 Å². The molecule has 7 atom stereocenters. The molecule has 0 radical (unpaired) electrons. The number of unbranched alkanes of at least 4 members (excludes halogenated alkanes) is 44. The van der Waals surface area contributed by atoms with E-state index < -0.39 is 97.5 Å². The first-order valence-corrected chi connectivity index (χ1v) is 43.1. The van der Waals surface area contributed by atoms with Crippen LogP contribution >= 0.6 is 15.6 Å². The maximum Gasteiger partial charge on any atom is 0.472 e. The molecule has 0 aromatic heterocycles. The zero-order valence-electron chi connectivity index (χ0n) is 62.7. The largest absolute Gasteiger partial charge is 0.472 e. The zero-order chi connectivity index (χ0) is 70.7. The third kappa shape index (κ3) is 67.9. The minimum atomic E-state index is -4.96. The summed E-state index contributed by atoms with van der Waals surface area (Å²) in [7, 11) is -9.91. The van der Waals surface area contributed by atoms with Crippen molar-refractivity contribution in [1.82, 2.24) is 0 Å². The average molecular weight is 1410 g/mol. The highest BCUT2D eigenvalue weighted by atomic mass is 31.2. The minimum absolute atomic E-state index is 0.107. The van der Waals surface area contributed by atoms with Crippen LogP contribution in [0.5, 0.6) is 0 Å². The Kier molecular flexibility index (Phi) is 67.4. The fourth-order valence-corrected chi connectivity index (χ4v) is 13.3. The Hall–Kier alpha value is -1.94. The number of phosphoric acid groups is 2. The quantitative estimate of drug-likeness (QED) is 0.0222. The van der Waals surface area contributed by atoms with Gasteiger partial charge in [-0.1, -0.05) is 350 Å². The van der Waals surface area contributed by atoms with Crippen molar-refractivity contribution in [3.8, 4) is 0 Å². The van der Waals surface area contributed by atoms with Crippen molar-refractivity contribution in [2.45, 2.75) is 419 Å². The van der Waals surface area contributed by atoms with E-state index in [1.807, 2.05) is 0 Å². The highest BCUT2D eigenvalue weighted by Crippen LogP contribution is 2.45. The fourth-order valence-electron chi connectivity index (χ4n) is 11.8. The number of hydrogen-bond donors (Lipinski definition) is 3. The first kappa shape index (κ1) is 94.1. The number of rotatable bonds is 76. The standard InChI is InChI=1S/C77H150O17P2/c1-7-11-13-15-17-19-35-41-47-53-59-74(79)87-65-72(93-76(81)61-55-49-43-36-20-18-16-14-12-8-2)67-91-95(83,84)89-63-71(78)64-90-96(85,86)92-68-73(66-88-75(80)60-54-48-42-37-32-31-34-40-46-52-58-70(6)10-4)94-77(82)62-56-50-44-38-30-28-26-24-22-21-23-25-27-29-33-39-45-51-57-69(5)9-3/h69-73,78H,7-68H2,1-6H3,(H,83,84)(H,85,86)/t69?,70?,71-,72+,73+/m0/s1. The summed E-state index contributed by atoms with van der Waals surface area (Å²) >= 11 is 0. The monoisotopic (exact) mass is 1410 g/mol. The molecule has 19 heteroatoms. The molecule has 4 unspecified atom stereocenters. The Balaban J connectivity index is 5.18. The van der Waals surface area contributed by atoms with Gasteiger partial charge in [-0.3, -0.25) is 37.3 Å². The van der Waals surface area contributed by atoms with Gasteiger partial charge in [0.25, 0.3) is 0 Å². The summed E-state index contributed by atoms with van der Waals surface area (Å²) < 4.78 is 68.5. The smallest absolute Gasteiger partial charge is 0.462 e. The molecule has 0 heterocycles. The van der Waals surface area contributed by atoms with Crippen molar-refractivity contribution in [2.75, 3.05) is 39.6 Å². The molecule has 0 rings (SSSR count). The molecule has 0 fully saturated rings. The lowest BCUT2D eigenvalue weighted by Crippen LogP contribution is -2.30.